The number of halogens is 1. The summed E-state index contributed by atoms with van der Waals surface area (Å²) in [5.41, 5.74) is 1.49. The summed E-state index contributed by atoms with van der Waals surface area (Å²) in [7, 11) is 1.36. The molecule has 0 fully saturated rings. The Kier molecular flexibility index (Phi) is 8.48. The number of aromatic nitrogens is 3. The van der Waals surface area contributed by atoms with Crippen molar-refractivity contribution < 1.29 is 19.1 Å². The van der Waals surface area contributed by atoms with Gasteiger partial charge in [-0.05, 0) is 43.4 Å². The lowest BCUT2D eigenvalue weighted by molar-refractivity contribution is -0.113. The molecule has 184 valence electrons. The fourth-order valence-electron chi connectivity index (χ4n) is 3.81. The van der Waals surface area contributed by atoms with E-state index in [1.54, 1.807) is 18.2 Å². The summed E-state index contributed by atoms with van der Waals surface area (Å²) in [6.07, 6.45) is 5.57. The second-order valence-corrected chi connectivity index (χ2v) is 10.2. The molecule has 0 spiro atoms. The molecule has 1 aliphatic rings. The Morgan fingerprint density at radius 3 is 2.86 bits per heavy atom. The average Bonchev–Trinajstić information content (AvgIpc) is 3.42. The summed E-state index contributed by atoms with van der Waals surface area (Å²) >= 11 is 8.87. The van der Waals surface area contributed by atoms with E-state index in [4.69, 9.17) is 21.1 Å². The first-order valence-electron chi connectivity index (χ1n) is 11.1. The lowest BCUT2D eigenvalue weighted by Crippen LogP contribution is -2.17. The van der Waals surface area contributed by atoms with Crippen LogP contribution in [0.1, 0.15) is 39.5 Å². The van der Waals surface area contributed by atoms with Crippen LogP contribution < -0.4 is 10.1 Å². The van der Waals surface area contributed by atoms with Crippen LogP contribution in [0.3, 0.4) is 0 Å². The second kappa shape index (κ2) is 11.7. The van der Waals surface area contributed by atoms with Crippen molar-refractivity contribution in [3.05, 3.63) is 63.8 Å². The molecule has 0 saturated heterocycles. The minimum Gasteiger partial charge on any atom is -0.484 e. The van der Waals surface area contributed by atoms with Crippen molar-refractivity contribution in [1.29, 1.82) is 0 Å². The van der Waals surface area contributed by atoms with E-state index in [2.05, 4.69) is 22.1 Å². The van der Waals surface area contributed by atoms with Gasteiger partial charge in [0, 0.05) is 11.4 Å². The molecular weight excluding hydrogens is 508 g/mol. The number of amides is 1. The van der Waals surface area contributed by atoms with E-state index in [9.17, 15) is 9.59 Å². The van der Waals surface area contributed by atoms with Gasteiger partial charge in [-0.2, -0.15) is 0 Å². The Morgan fingerprint density at radius 1 is 1.29 bits per heavy atom. The Morgan fingerprint density at radius 2 is 2.09 bits per heavy atom. The molecule has 1 N–H and O–H groups in total. The van der Waals surface area contributed by atoms with Crippen LogP contribution >= 0.6 is 34.7 Å². The number of anilines is 1. The molecule has 0 radical (unpaired) electrons. The van der Waals surface area contributed by atoms with Crippen LogP contribution in [0.15, 0.2) is 42.1 Å². The normalized spacial score (nSPS) is 12.6. The highest BCUT2D eigenvalue weighted by Gasteiger charge is 2.27. The number of methoxy groups -OCH3 is 1. The standard InChI is InChI=1S/C24H25ClN4O4S2/c1-3-12-29-19(13-33-17-10-6-5-9-16(17)25)27-28-24(29)34-14-20(30)26-22-21(23(31)32-2)15-8-4-7-11-18(15)35-22/h3,5-6,9-10H,1,4,7-8,11-14H2,2H3,(H,26,30). The number of carbonyl (C=O) groups is 2. The van der Waals surface area contributed by atoms with E-state index < -0.39 is 5.97 Å². The number of hydrogen-bond acceptors (Lipinski definition) is 8. The zero-order valence-electron chi connectivity index (χ0n) is 19.2. The second-order valence-electron chi connectivity index (χ2n) is 7.76. The number of hydrogen-bond donors (Lipinski definition) is 1. The van der Waals surface area contributed by atoms with E-state index in [1.165, 1.54) is 30.2 Å². The number of carbonyl (C=O) groups excluding carboxylic acids is 2. The maximum Gasteiger partial charge on any atom is 0.341 e. The predicted molar refractivity (Wildman–Crippen MR) is 138 cm³/mol. The molecule has 8 nitrogen and oxygen atoms in total. The summed E-state index contributed by atoms with van der Waals surface area (Å²) in [5.74, 6) is 0.591. The van der Waals surface area contributed by atoms with Crippen LogP contribution in [-0.4, -0.2) is 39.5 Å². The van der Waals surface area contributed by atoms with Crippen LogP contribution in [0.2, 0.25) is 5.02 Å². The van der Waals surface area contributed by atoms with Gasteiger partial charge < -0.3 is 14.8 Å². The molecule has 1 amide bonds. The summed E-state index contributed by atoms with van der Waals surface area (Å²) in [4.78, 5) is 26.3. The predicted octanol–water partition coefficient (Wildman–Crippen LogP) is 5.15. The molecule has 11 heteroatoms. The molecule has 0 bridgehead atoms. The summed E-state index contributed by atoms with van der Waals surface area (Å²) in [6, 6.07) is 7.20. The highest BCUT2D eigenvalue weighted by molar-refractivity contribution is 7.99. The van der Waals surface area contributed by atoms with Gasteiger partial charge in [-0.1, -0.05) is 41.6 Å². The molecule has 4 rings (SSSR count). The van der Waals surface area contributed by atoms with Crippen LogP contribution in [-0.2, 0) is 35.5 Å². The van der Waals surface area contributed by atoms with Gasteiger partial charge in [0.25, 0.3) is 0 Å². The molecule has 35 heavy (non-hydrogen) atoms. The van der Waals surface area contributed by atoms with Crippen molar-refractivity contribution in [2.45, 2.75) is 44.0 Å². The first kappa shape index (κ1) is 25.3. The fraction of sp³-hybridized carbons (Fsp3) is 0.333. The molecule has 0 atom stereocenters. The topological polar surface area (TPSA) is 95.3 Å². The average molecular weight is 533 g/mol. The number of thioether (sulfide) groups is 1. The quantitative estimate of drug-likeness (QED) is 0.219. The van der Waals surface area contributed by atoms with Crippen molar-refractivity contribution in [3.63, 3.8) is 0 Å². The van der Waals surface area contributed by atoms with E-state index in [-0.39, 0.29) is 18.3 Å². The lowest BCUT2D eigenvalue weighted by Gasteiger charge is -2.12. The molecule has 3 aromatic rings. The molecule has 2 aromatic heterocycles. The zero-order valence-corrected chi connectivity index (χ0v) is 21.6. The molecule has 0 aliphatic heterocycles. The number of nitrogens with one attached hydrogen (secondary N) is 1. The number of allylic oxidation sites excluding steroid dienone is 1. The van der Waals surface area contributed by atoms with Crippen LogP contribution in [0.5, 0.6) is 5.75 Å². The number of thiophene rings is 1. The van der Waals surface area contributed by atoms with Crippen molar-refractivity contribution in [2.75, 3.05) is 18.2 Å². The Hall–Kier alpha value is -2.82. The van der Waals surface area contributed by atoms with E-state index >= 15 is 0 Å². The van der Waals surface area contributed by atoms with Gasteiger partial charge in [0.1, 0.15) is 17.4 Å². The molecule has 0 unspecified atom stereocenters. The van der Waals surface area contributed by atoms with Gasteiger partial charge in [0.15, 0.2) is 11.0 Å². The van der Waals surface area contributed by atoms with Crippen molar-refractivity contribution in [3.8, 4) is 5.75 Å². The molecule has 1 aromatic carbocycles. The number of rotatable bonds is 10. The van der Waals surface area contributed by atoms with Gasteiger partial charge in [-0.3, -0.25) is 9.36 Å². The van der Waals surface area contributed by atoms with Crippen LogP contribution in [0.25, 0.3) is 0 Å². The SMILES string of the molecule is C=CCn1c(COc2ccccc2Cl)nnc1SCC(=O)Nc1sc2c(c1C(=O)OC)CCCC2. The molecular formula is C24H25ClN4O4S2. The van der Waals surface area contributed by atoms with Gasteiger partial charge in [0.05, 0.1) is 23.4 Å². The maximum absolute atomic E-state index is 12.8. The largest absolute Gasteiger partial charge is 0.484 e. The number of ether oxygens (including phenoxy) is 2. The Labute approximate surface area is 216 Å². The number of nitrogens with zero attached hydrogens (tertiary/aromatic N) is 3. The van der Waals surface area contributed by atoms with E-state index in [1.807, 2.05) is 16.7 Å². The first-order valence-corrected chi connectivity index (χ1v) is 13.3. The smallest absolute Gasteiger partial charge is 0.341 e. The number of fused-ring (bicyclic) bond motifs is 1. The molecule has 2 heterocycles. The highest BCUT2D eigenvalue weighted by atomic mass is 35.5. The van der Waals surface area contributed by atoms with Crippen molar-refractivity contribution in [2.24, 2.45) is 0 Å². The third kappa shape index (κ3) is 5.88. The third-order valence-electron chi connectivity index (χ3n) is 5.44. The lowest BCUT2D eigenvalue weighted by atomic mass is 9.95. The zero-order chi connectivity index (χ0) is 24.8. The minimum absolute atomic E-state index is 0.101. The van der Waals surface area contributed by atoms with Gasteiger partial charge in [0.2, 0.25) is 5.91 Å². The van der Waals surface area contributed by atoms with Crippen molar-refractivity contribution in [1.82, 2.24) is 14.8 Å². The Balaban J connectivity index is 1.43. The van der Waals surface area contributed by atoms with Gasteiger partial charge in [-0.15, -0.1) is 28.1 Å². The highest BCUT2D eigenvalue weighted by Crippen LogP contribution is 2.38. The van der Waals surface area contributed by atoms with E-state index in [0.717, 1.165) is 36.1 Å². The van der Waals surface area contributed by atoms with Crippen LogP contribution in [0.4, 0.5) is 5.00 Å². The molecule has 1 aliphatic carbocycles. The third-order valence-corrected chi connectivity index (χ3v) is 7.93. The summed E-state index contributed by atoms with van der Waals surface area (Å²) in [5, 5.41) is 13.0. The monoisotopic (exact) mass is 532 g/mol. The number of esters is 1. The van der Waals surface area contributed by atoms with Gasteiger partial charge in [-0.25, -0.2) is 4.79 Å². The first-order chi connectivity index (χ1) is 17.0. The minimum atomic E-state index is -0.416. The number of para-hydroxylation sites is 1. The number of benzene rings is 1. The van der Waals surface area contributed by atoms with Crippen molar-refractivity contribution >= 4 is 51.6 Å². The number of aryl methyl sites for hydroxylation is 1. The summed E-state index contributed by atoms with van der Waals surface area (Å²) in [6.45, 7) is 4.43. The van der Waals surface area contributed by atoms with Gasteiger partial charge >= 0.3 is 5.97 Å². The molecule has 0 saturated carbocycles. The summed E-state index contributed by atoms with van der Waals surface area (Å²) < 4.78 is 12.6. The fourth-order valence-corrected chi connectivity index (χ4v) is 6.06. The van der Waals surface area contributed by atoms with Crippen LogP contribution in [0, 0.1) is 0 Å². The van der Waals surface area contributed by atoms with E-state index in [0.29, 0.717) is 38.9 Å². The maximum atomic E-state index is 12.8. The Bertz CT molecular complexity index is 1240.